The van der Waals surface area contributed by atoms with Gasteiger partial charge >= 0.3 is 5.97 Å². The van der Waals surface area contributed by atoms with E-state index in [1.807, 2.05) is 30.3 Å². The first-order valence-corrected chi connectivity index (χ1v) is 8.62. The lowest BCUT2D eigenvalue weighted by Gasteiger charge is -2.05. The average molecular weight is 364 g/mol. The Labute approximate surface area is 154 Å². The first-order chi connectivity index (χ1) is 12.5. The monoisotopic (exact) mass is 364 g/mol. The molecule has 1 heterocycles. The maximum Gasteiger partial charge on any atom is 0.352 e. The van der Waals surface area contributed by atoms with Crippen molar-refractivity contribution in [1.82, 2.24) is 5.32 Å². The van der Waals surface area contributed by atoms with Crippen molar-refractivity contribution in [2.75, 3.05) is 5.73 Å². The minimum Gasteiger partial charge on any atom is -0.477 e. The number of carboxylic acid groups (broad SMARTS) is 1. The van der Waals surface area contributed by atoms with E-state index in [4.69, 9.17) is 5.73 Å². The molecule has 0 spiro atoms. The second kappa shape index (κ2) is 7.67. The molecule has 1 aromatic heterocycles. The fourth-order valence-electron chi connectivity index (χ4n) is 2.37. The third-order valence-electron chi connectivity index (χ3n) is 3.65. The Morgan fingerprint density at radius 1 is 0.962 bits per heavy atom. The van der Waals surface area contributed by atoms with Crippen molar-refractivity contribution in [3.8, 4) is 10.4 Å². The molecule has 0 aliphatic rings. The summed E-state index contributed by atoms with van der Waals surface area (Å²) in [5.74, 6) is -1.67. The van der Waals surface area contributed by atoms with Crippen LogP contribution in [-0.2, 0) is 4.79 Å². The van der Waals surface area contributed by atoms with E-state index in [0.29, 0.717) is 16.1 Å². The van der Waals surface area contributed by atoms with Gasteiger partial charge in [0.2, 0.25) is 0 Å². The van der Waals surface area contributed by atoms with Crippen LogP contribution in [0.3, 0.4) is 0 Å². The lowest BCUT2D eigenvalue weighted by atomic mass is 10.1. The molecule has 3 rings (SSSR count). The molecule has 6 heteroatoms. The number of hydrogen-bond acceptors (Lipinski definition) is 4. The van der Waals surface area contributed by atoms with Crippen LogP contribution in [0, 0.1) is 0 Å². The van der Waals surface area contributed by atoms with E-state index in [0.717, 1.165) is 10.4 Å². The number of nitrogen functional groups attached to an aromatic ring is 1. The maximum atomic E-state index is 12.2. The van der Waals surface area contributed by atoms with Crippen LogP contribution < -0.4 is 11.1 Å². The fourth-order valence-corrected chi connectivity index (χ4v) is 3.37. The summed E-state index contributed by atoms with van der Waals surface area (Å²) in [5, 5.41) is 11.8. The zero-order chi connectivity index (χ0) is 18.5. The number of nitrogens with two attached hydrogens (primary N) is 1. The summed E-state index contributed by atoms with van der Waals surface area (Å²) in [5.41, 5.74) is 7.73. The number of carbonyl (C=O) groups is 2. The Kier molecular flexibility index (Phi) is 5.15. The highest BCUT2D eigenvalue weighted by atomic mass is 32.1. The van der Waals surface area contributed by atoms with Gasteiger partial charge in [-0.15, -0.1) is 11.3 Å². The van der Waals surface area contributed by atoms with Gasteiger partial charge in [-0.2, -0.15) is 0 Å². The van der Waals surface area contributed by atoms with Gasteiger partial charge in [0, 0.05) is 26.6 Å². The molecule has 0 radical (unpaired) electrons. The molecular formula is C20H16N2O3S. The van der Waals surface area contributed by atoms with Crippen molar-refractivity contribution < 1.29 is 14.7 Å². The number of rotatable bonds is 5. The van der Waals surface area contributed by atoms with E-state index in [1.165, 1.54) is 17.4 Å². The van der Waals surface area contributed by atoms with Crippen LogP contribution in [0.15, 0.2) is 72.4 Å². The number of carbonyl (C=O) groups excluding carboxylic acids is 1. The number of benzene rings is 2. The van der Waals surface area contributed by atoms with Gasteiger partial charge in [0.05, 0.1) is 0 Å². The zero-order valence-corrected chi connectivity index (χ0v) is 14.5. The third kappa shape index (κ3) is 3.99. The first-order valence-electron chi connectivity index (χ1n) is 7.80. The number of carboxylic acids is 1. The number of anilines is 1. The highest BCUT2D eigenvalue weighted by molar-refractivity contribution is 7.16. The molecule has 0 saturated carbocycles. The zero-order valence-electron chi connectivity index (χ0n) is 13.7. The Bertz CT molecular complexity index is 977. The summed E-state index contributed by atoms with van der Waals surface area (Å²) in [6.07, 6.45) is 1.44. The predicted molar refractivity (Wildman–Crippen MR) is 104 cm³/mol. The van der Waals surface area contributed by atoms with Crippen LogP contribution in [0.2, 0.25) is 0 Å². The quantitative estimate of drug-likeness (QED) is 0.473. The molecule has 0 bridgehead atoms. The Hall–Kier alpha value is -3.38. The lowest BCUT2D eigenvalue weighted by Crippen LogP contribution is -2.27. The van der Waals surface area contributed by atoms with Crippen LogP contribution in [-0.4, -0.2) is 17.0 Å². The number of nitrogens with one attached hydrogen (secondary N) is 1. The summed E-state index contributed by atoms with van der Waals surface area (Å²) in [7, 11) is 0. The molecular weight excluding hydrogens is 348 g/mol. The topological polar surface area (TPSA) is 92.4 Å². The highest BCUT2D eigenvalue weighted by Gasteiger charge is 2.14. The smallest absolute Gasteiger partial charge is 0.352 e. The molecule has 3 aromatic rings. The Morgan fingerprint density at radius 3 is 2.35 bits per heavy atom. The van der Waals surface area contributed by atoms with Crippen LogP contribution >= 0.6 is 11.3 Å². The average Bonchev–Trinajstić information content (AvgIpc) is 3.10. The minimum atomic E-state index is -1.21. The lowest BCUT2D eigenvalue weighted by molar-refractivity contribution is -0.132. The van der Waals surface area contributed by atoms with Crippen molar-refractivity contribution in [3.05, 3.63) is 82.9 Å². The summed E-state index contributed by atoms with van der Waals surface area (Å²) in [6, 6.07) is 19.6. The minimum absolute atomic E-state index is 0.187. The standard InChI is InChI=1S/C20H16N2O3S/c21-16-9-5-4-8-15(16)18-11-10-14(26-18)12-17(20(24)25)22-19(23)13-6-2-1-3-7-13/h1-12H,21H2,(H,22,23)(H,24,25)/b17-12-. The van der Waals surface area contributed by atoms with Gasteiger partial charge in [-0.1, -0.05) is 36.4 Å². The molecule has 26 heavy (non-hydrogen) atoms. The van der Waals surface area contributed by atoms with Crippen LogP contribution in [0.4, 0.5) is 5.69 Å². The SMILES string of the molecule is Nc1ccccc1-c1ccc(/C=C(\NC(=O)c2ccccc2)C(=O)O)s1. The normalized spacial score (nSPS) is 11.2. The maximum absolute atomic E-state index is 12.2. The van der Waals surface area contributed by atoms with Crippen molar-refractivity contribution in [1.29, 1.82) is 0 Å². The van der Waals surface area contributed by atoms with Crippen LogP contribution in [0.5, 0.6) is 0 Å². The predicted octanol–water partition coefficient (Wildman–Crippen LogP) is 3.85. The summed E-state index contributed by atoms with van der Waals surface area (Å²) in [4.78, 5) is 25.3. The van der Waals surface area contributed by atoms with Crippen molar-refractivity contribution in [2.45, 2.75) is 0 Å². The van der Waals surface area contributed by atoms with Crippen LogP contribution in [0.1, 0.15) is 15.2 Å². The molecule has 0 fully saturated rings. The van der Waals surface area contributed by atoms with E-state index in [9.17, 15) is 14.7 Å². The number of thiophene rings is 1. The Balaban J connectivity index is 1.85. The molecule has 0 saturated heterocycles. The second-order valence-corrected chi connectivity index (χ2v) is 6.59. The third-order valence-corrected chi connectivity index (χ3v) is 4.72. The molecule has 4 N–H and O–H groups in total. The molecule has 130 valence electrons. The van der Waals surface area contributed by atoms with Gasteiger partial charge < -0.3 is 16.2 Å². The molecule has 0 unspecified atom stereocenters. The molecule has 0 aliphatic carbocycles. The summed E-state index contributed by atoms with van der Waals surface area (Å²) < 4.78 is 0. The van der Waals surface area contributed by atoms with Gasteiger partial charge in [-0.05, 0) is 36.4 Å². The number of para-hydroxylation sites is 1. The van der Waals surface area contributed by atoms with Gasteiger partial charge in [0.25, 0.3) is 5.91 Å². The van der Waals surface area contributed by atoms with Gasteiger partial charge in [0.1, 0.15) is 5.70 Å². The molecule has 0 atom stereocenters. The fraction of sp³-hybridized carbons (Fsp3) is 0. The first kappa shape index (κ1) is 17.4. The summed E-state index contributed by atoms with van der Waals surface area (Å²) >= 11 is 1.40. The van der Waals surface area contributed by atoms with Gasteiger partial charge in [-0.25, -0.2) is 4.79 Å². The van der Waals surface area contributed by atoms with E-state index in [-0.39, 0.29) is 5.70 Å². The largest absolute Gasteiger partial charge is 0.477 e. The number of hydrogen-bond donors (Lipinski definition) is 3. The van der Waals surface area contributed by atoms with Crippen molar-refractivity contribution in [2.24, 2.45) is 0 Å². The van der Waals surface area contributed by atoms with Gasteiger partial charge in [0.15, 0.2) is 0 Å². The van der Waals surface area contributed by atoms with E-state index in [1.54, 1.807) is 36.4 Å². The molecule has 2 aromatic carbocycles. The molecule has 1 amide bonds. The van der Waals surface area contributed by atoms with E-state index < -0.39 is 11.9 Å². The molecule has 0 aliphatic heterocycles. The number of aliphatic carboxylic acids is 1. The number of amides is 1. The van der Waals surface area contributed by atoms with Crippen molar-refractivity contribution in [3.63, 3.8) is 0 Å². The Morgan fingerprint density at radius 2 is 1.65 bits per heavy atom. The van der Waals surface area contributed by atoms with E-state index in [2.05, 4.69) is 5.32 Å². The van der Waals surface area contributed by atoms with Crippen molar-refractivity contribution >= 4 is 35.0 Å². The second-order valence-electron chi connectivity index (χ2n) is 5.47. The highest BCUT2D eigenvalue weighted by Crippen LogP contribution is 2.32. The van der Waals surface area contributed by atoms with Gasteiger partial charge in [-0.3, -0.25) is 4.79 Å². The summed E-state index contributed by atoms with van der Waals surface area (Å²) in [6.45, 7) is 0. The molecule has 5 nitrogen and oxygen atoms in total. The van der Waals surface area contributed by atoms with Crippen LogP contribution in [0.25, 0.3) is 16.5 Å². The van der Waals surface area contributed by atoms with E-state index >= 15 is 0 Å².